The molecule has 2 heterocycles. The number of thiophene rings is 1. The van der Waals surface area contributed by atoms with Crippen molar-refractivity contribution in [2.75, 3.05) is 5.32 Å². The van der Waals surface area contributed by atoms with Gasteiger partial charge in [-0.05, 0) is 25.1 Å². The molecule has 3 aromatic rings. The van der Waals surface area contributed by atoms with Crippen molar-refractivity contribution >= 4 is 29.3 Å². The lowest BCUT2D eigenvalue weighted by Gasteiger charge is -2.07. The monoisotopic (exact) mass is 359 g/mol. The molecule has 0 bridgehead atoms. The van der Waals surface area contributed by atoms with Gasteiger partial charge < -0.3 is 5.32 Å². The van der Waals surface area contributed by atoms with Crippen LogP contribution in [-0.2, 0) is 0 Å². The van der Waals surface area contributed by atoms with Crippen molar-refractivity contribution in [1.29, 1.82) is 0 Å². The van der Waals surface area contributed by atoms with Crippen LogP contribution < -0.4 is 5.32 Å². The standard InChI is InChI=1S/C17H11F2N3O2S/c1-9-11(5-10(8-23)25-9)14-6-21-15(7-20-14)22-17(24)16-12(18)3-2-4-13(16)19/h2-8H,1H3,(H,21,22,24). The summed E-state index contributed by atoms with van der Waals surface area (Å²) in [6.45, 7) is 1.85. The Kier molecular flexibility index (Phi) is 4.62. The molecule has 0 spiro atoms. The zero-order valence-corrected chi connectivity index (χ0v) is 13.7. The van der Waals surface area contributed by atoms with Gasteiger partial charge in [0.25, 0.3) is 5.91 Å². The zero-order chi connectivity index (χ0) is 18.0. The first-order valence-electron chi connectivity index (χ1n) is 7.13. The lowest BCUT2D eigenvalue weighted by molar-refractivity contribution is 0.101. The first-order chi connectivity index (χ1) is 12.0. The minimum atomic E-state index is -0.961. The van der Waals surface area contributed by atoms with Gasteiger partial charge >= 0.3 is 0 Å². The third-order valence-corrected chi connectivity index (χ3v) is 4.39. The van der Waals surface area contributed by atoms with Crippen molar-refractivity contribution in [2.24, 2.45) is 0 Å². The summed E-state index contributed by atoms with van der Waals surface area (Å²) in [5.41, 5.74) is 0.604. The van der Waals surface area contributed by atoms with Crippen LogP contribution in [0.1, 0.15) is 24.9 Å². The number of aldehydes is 1. The highest BCUT2D eigenvalue weighted by molar-refractivity contribution is 7.14. The van der Waals surface area contributed by atoms with Gasteiger partial charge in [0.05, 0.1) is 23.0 Å². The minimum Gasteiger partial charge on any atom is -0.305 e. The molecule has 3 rings (SSSR count). The fourth-order valence-electron chi connectivity index (χ4n) is 2.24. The van der Waals surface area contributed by atoms with Crippen molar-refractivity contribution in [1.82, 2.24) is 9.97 Å². The van der Waals surface area contributed by atoms with Gasteiger partial charge in [-0.3, -0.25) is 14.6 Å². The van der Waals surface area contributed by atoms with E-state index in [0.29, 0.717) is 10.6 Å². The Morgan fingerprint density at radius 3 is 2.48 bits per heavy atom. The smallest absolute Gasteiger partial charge is 0.262 e. The molecule has 126 valence electrons. The molecule has 5 nitrogen and oxygen atoms in total. The van der Waals surface area contributed by atoms with Crippen molar-refractivity contribution in [3.63, 3.8) is 0 Å². The van der Waals surface area contributed by atoms with Crippen LogP contribution in [0.25, 0.3) is 11.3 Å². The molecule has 0 unspecified atom stereocenters. The molecular formula is C17H11F2N3O2S. The van der Waals surface area contributed by atoms with E-state index in [9.17, 15) is 18.4 Å². The molecule has 1 aromatic carbocycles. The Balaban J connectivity index is 1.82. The summed E-state index contributed by atoms with van der Waals surface area (Å²) in [6.07, 6.45) is 3.45. The first-order valence-corrected chi connectivity index (χ1v) is 7.94. The fraction of sp³-hybridized carbons (Fsp3) is 0.0588. The summed E-state index contributed by atoms with van der Waals surface area (Å²) in [6, 6.07) is 4.87. The number of anilines is 1. The minimum absolute atomic E-state index is 0.0555. The molecule has 0 aliphatic carbocycles. The van der Waals surface area contributed by atoms with Crippen LogP contribution >= 0.6 is 11.3 Å². The van der Waals surface area contributed by atoms with Crippen LogP contribution in [0.3, 0.4) is 0 Å². The van der Waals surface area contributed by atoms with Gasteiger partial charge in [-0.1, -0.05) is 6.07 Å². The molecule has 2 aromatic heterocycles. The molecule has 0 radical (unpaired) electrons. The van der Waals surface area contributed by atoms with Crippen LogP contribution in [0.4, 0.5) is 14.6 Å². The number of nitrogens with zero attached hydrogens (tertiary/aromatic N) is 2. The van der Waals surface area contributed by atoms with E-state index >= 15 is 0 Å². The number of halogens is 2. The molecule has 0 aliphatic heterocycles. The second kappa shape index (κ2) is 6.86. The van der Waals surface area contributed by atoms with Gasteiger partial charge in [-0.15, -0.1) is 11.3 Å². The number of carbonyl (C=O) groups excluding carboxylic acids is 2. The molecule has 0 saturated heterocycles. The van der Waals surface area contributed by atoms with E-state index in [0.717, 1.165) is 28.9 Å². The maximum atomic E-state index is 13.6. The van der Waals surface area contributed by atoms with Gasteiger partial charge in [0, 0.05) is 10.4 Å². The van der Waals surface area contributed by atoms with Crippen molar-refractivity contribution in [3.05, 3.63) is 63.6 Å². The summed E-state index contributed by atoms with van der Waals surface area (Å²) in [5, 5.41) is 2.30. The number of carbonyl (C=O) groups is 2. The molecule has 1 N–H and O–H groups in total. The maximum absolute atomic E-state index is 13.6. The largest absolute Gasteiger partial charge is 0.305 e. The van der Waals surface area contributed by atoms with Gasteiger partial charge in [0.15, 0.2) is 12.1 Å². The maximum Gasteiger partial charge on any atom is 0.262 e. The highest BCUT2D eigenvalue weighted by Crippen LogP contribution is 2.28. The Labute approximate surface area is 145 Å². The first kappa shape index (κ1) is 16.8. The topological polar surface area (TPSA) is 72.0 Å². The van der Waals surface area contributed by atoms with E-state index in [4.69, 9.17) is 0 Å². The lowest BCUT2D eigenvalue weighted by Crippen LogP contribution is -2.16. The van der Waals surface area contributed by atoms with Crippen LogP contribution in [0.2, 0.25) is 0 Å². The molecule has 0 saturated carbocycles. The van der Waals surface area contributed by atoms with Gasteiger partial charge in [0.2, 0.25) is 0 Å². The van der Waals surface area contributed by atoms with Crippen LogP contribution in [-0.4, -0.2) is 22.2 Å². The average Bonchev–Trinajstić information content (AvgIpc) is 2.96. The van der Waals surface area contributed by atoms with E-state index in [1.807, 2.05) is 6.92 Å². The summed E-state index contributed by atoms with van der Waals surface area (Å²) in [5.74, 6) is -2.82. The number of hydrogen-bond donors (Lipinski definition) is 1. The molecule has 0 atom stereocenters. The number of nitrogens with one attached hydrogen (secondary N) is 1. The molecule has 25 heavy (non-hydrogen) atoms. The normalized spacial score (nSPS) is 10.5. The zero-order valence-electron chi connectivity index (χ0n) is 12.9. The van der Waals surface area contributed by atoms with Crippen LogP contribution in [0, 0.1) is 18.6 Å². The van der Waals surface area contributed by atoms with E-state index in [2.05, 4.69) is 15.3 Å². The van der Waals surface area contributed by atoms with Crippen LogP contribution in [0.5, 0.6) is 0 Å². The van der Waals surface area contributed by atoms with E-state index in [1.165, 1.54) is 29.8 Å². The van der Waals surface area contributed by atoms with E-state index in [-0.39, 0.29) is 5.82 Å². The average molecular weight is 359 g/mol. The van der Waals surface area contributed by atoms with Crippen molar-refractivity contribution in [2.45, 2.75) is 6.92 Å². The summed E-state index contributed by atoms with van der Waals surface area (Å²) >= 11 is 1.34. The quantitative estimate of drug-likeness (QED) is 0.718. The lowest BCUT2D eigenvalue weighted by atomic mass is 10.2. The number of aryl methyl sites for hydroxylation is 1. The SMILES string of the molecule is Cc1sc(C=O)cc1-c1cnc(NC(=O)c2c(F)cccc2F)cn1. The molecular weight excluding hydrogens is 348 g/mol. The molecule has 8 heteroatoms. The Morgan fingerprint density at radius 2 is 1.92 bits per heavy atom. The predicted octanol–water partition coefficient (Wildman–Crippen LogP) is 3.86. The van der Waals surface area contributed by atoms with Gasteiger partial charge in [0.1, 0.15) is 17.2 Å². The molecule has 1 amide bonds. The number of hydrogen-bond acceptors (Lipinski definition) is 5. The van der Waals surface area contributed by atoms with Gasteiger partial charge in [-0.2, -0.15) is 0 Å². The number of benzene rings is 1. The molecule has 0 fully saturated rings. The third kappa shape index (κ3) is 3.43. The second-order valence-electron chi connectivity index (χ2n) is 5.07. The summed E-state index contributed by atoms with van der Waals surface area (Å²) in [7, 11) is 0. The van der Waals surface area contributed by atoms with E-state index < -0.39 is 23.1 Å². The highest BCUT2D eigenvalue weighted by Gasteiger charge is 2.18. The number of aromatic nitrogens is 2. The summed E-state index contributed by atoms with van der Waals surface area (Å²) < 4.78 is 27.2. The molecule has 0 aliphatic rings. The highest BCUT2D eigenvalue weighted by atomic mass is 32.1. The number of amides is 1. The predicted molar refractivity (Wildman–Crippen MR) is 89.8 cm³/mol. The Bertz CT molecular complexity index is 935. The number of rotatable bonds is 4. The van der Waals surface area contributed by atoms with E-state index in [1.54, 1.807) is 6.07 Å². The summed E-state index contributed by atoms with van der Waals surface area (Å²) in [4.78, 5) is 32.5. The Morgan fingerprint density at radius 1 is 1.20 bits per heavy atom. The van der Waals surface area contributed by atoms with Gasteiger partial charge in [-0.25, -0.2) is 13.8 Å². The van der Waals surface area contributed by atoms with Crippen LogP contribution in [0.15, 0.2) is 36.7 Å². The fourth-order valence-corrected chi connectivity index (χ4v) is 3.09. The van der Waals surface area contributed by atoms with Crippen molar-refractivity contribution in [3.8, 4) is 11.3 Å². The second-order valence-corrected chi connectivity index (χ2v) is 6.36. The third-order valence-electron chi connectivity index (χ3n) is 3.41. The Hall–Kier alpha value is -3.00. The van der Waals surface area contributed by atoms with Crippen molar-refractivity contribution < 1.29 is 18.4 Å².